The first-order valence-electron chi connectivity index (χ1n) is 8.36. The van der Waals surface area contributed by atoms with Gasteiger partial charge in [-0.2, -0.15) is 0 Å². The van der Waals surface area contributed by atoms with Crippen LogP contribution in [0.15, 0.2) is 47.6 Å². The van der Waals surface area contributed by atoms with Gasteiger partial charge in [0.15, 0.2) is 5.96 Å². The van der Waals surface area contributed by atoms with Crippen LogP contribution in [-0.2, 0) is 12.8 Å². The minimum atomic E-state index is 0.700. The lowest BCUT2D eigenvalue weighted by atomic mass is 10.1. The molecule has 0 unspecified atom stereocenters. The highest BCUT2D eigenvalue weighted by molar-refractivity contribution is 6.31. The van der Waals surface area contributed by atoms with Crippen molar-refractivity contribution in [3.05, 3.63) is 64.4 Å². The molecular formula is C19H25ClN4. The van der Waals surface area contributed by atoms with E-state index in [0.29, 0.717) is 6.54 Å². The van der Waals surface area contributed by atoms with Gasteiger partial charge in [0.1, 0.15) is 0 Å². The Morgan fingerprint density at radius 2 is 1.96 bits per heavy atom. The summed E-state index contributed by atoms with van der Waals surface area (Å²) >= 11 is 6.18. The number of nitrogens with zero attached hydrogens (tertiary/aromatic N) is 2. The third kappa shape index (κ3) is 6.20. The van der Waals surface area contributed by atoms with E-state index in [2.05, 4.69) is 33.6 Å². The summed E-state index contributed by atoms with van der Waals surface area (Å²) in [4.78, 5) is 8.93. The Bertz CT molecular complexity index is 653. The van der Waals surface area contributed by atoms with Gasteiger partial charge in [-0.3, -0.25) is 9.98 Å². The van der Waals surface area contributed by atoms with Gasteiger partial charge in [0.05, 0.1) is 0 Å². The van der Waals surface area contributed by atoms with Crippen molar-refractivity contribution in [2.45, 2.75) is 26.7 Å². The Hall–Kier alpha value is -2.07. The monoisotopic (exact) mass is 344 g/mol. The van der Waals surface area contributed by atoms with Gasteiger partial charge < -0.3 is 10.6 Å². The average molecular weight is 345 g/mol. The molecule has 1 aromatic carbocycles. The second kappa shape index (κ2) is 9.93. The number of aromatic nitrogens is 1. The van der Waals surface area contributed by atoms with E-state index in [9.17, 15) is 0 Å². The third-order valence-electron chi connectivity index (χ3n) is 3.63. The summed E-state index contributed by atoms with van der Waals surface area (Å²) in [6.45, 7) is 6.42. The van der Waals surface area contributed by atoms with Crippen LogP contribution in [0.1, 0.15) is 23.7 Å². The average Bonchev–Trinajstić information content (AvgIpc) is 2.58. The number of hydrogen-bond donors (Lipinski definition) is 2. The maximum absolute atomic E-state index is 6.18. The van der Waals surface area contributed by atoms with E-state index in [1.165, 1.54) is 5.56 Å². The van der Waals surface area contributed by atoms with Crippen LogP contribution in [-0.4, -0.2) is 30.6 Å². The summed E-state index contributed by atoms with van der Waals surface area (Å²) < 4.78 is 0. The van der Waals surface area contributed by atoms with Crippen molar-refractivity contribution in [2.24, 2.45) is 4.99 Å². The molecule has 4 nitrogen and oxygen atoms in total. The molecule has 0 aliphatic carbocycles. The van der Waals surface area contributed by atoms with Crippen molar-refractivity contribution in [1.82, 2.24) is 15.6 Å². The highest BCUT2D eigenvalue weighted by Crippen LogP contribution is 2.15. The molecule has 128 valence electrons. The number of nitrogens with one attached hydrogen (secondary N) is 2. The molecule has 2 N–H and O–H groups in total. The number of aliphatic imine (C=N–C) groups is 1. The maximum Gasteiger partial charge on any atom is 0.191 e. The van der Waals surface area contributed by atoms with E-state index in [4.69, 9.17) is 11.6 Å². The van der Waals surface area contributed by atoms with Gasteiger partial charge in [0.2, 0.25) is 0 Å². The summed E-state index contributed by atoms with van der Waals surface area (Å²) in [6, 6.07) is 12.1. The van der Waals surface area contributed by atoms with Crippen molar-refractivity contribution in [3.63, 3.8) is 0 Å². The van der Waals surface area contributed by atoms with Crippen LogP contribution < -0.4 is 10.6 Å². The molecule has 0 amide bonds. The van der Waals surface area contributed by atoms with Gasteiger partial charge in [-0.25, -0.2) is 0 Å². The first-order valence-corrected chi connectivity index (χ1v) is 8.74. The largest absolute Gasteiger partial charge is 0.357 e. The Morgan fingerprint density at radius 1 is 1.12 bits per heavy atom. The summed E-state index contributed by atoms with van der Waals surface area (Å²) in [5.74, 6) is 0.838. The number of rotatable bonds is 7. The zero-order valence-corrected chi connectivity index (χ0v) is 15.1. The molecule has 0 fully saturated rings. The van der Waals surface area contributed by atoms with Crippen LogP contribution in [0.25, 0.3) is 0 Å². The van der Waals surface area contributed by atoms with Crippen molar-refractivity contribution < 1.29 is 0 Å². The smallest absolute Gasteiger partial charge is 0.191 e. The standard InChI is InChI=1S/C19H25ClN4/c1-3-21-19(22-12-10-16-9-8-15(2)24-14-16)23-13-11-17-6-4-5-7-18(17)20/h4-9,14H,3,10-13H2,1-2H3,(H2,21,22,23). The zero-order chi connectivity index (χ0) is 17.2. The number of halogens is 1. The predicted octanol–water partition coefficient (Wildman–Crippen LogP) is 3.38. The van der Waals surface area contributed by atoms with E-state index < -0.39 is 0 Å². The first-order chi connectivity index (χ1) is 11.7. The SMILES string of the molecule is CCNC(=NCCc1ccccc1Cl)NCCc1ccc(C)nc1. The lowest BCUT2D eigenvalue weighted by Crippen LogP contribution is -2.38. The minimum Gasteiger partial charge on any atom is -0.357 e. The Kier molecular flexibility index (Phi) is 7.56. The molecule has 1 aromatic heterocycles. The number of guanidine groups is 1. The Morgan fingerprint density at radius 3 is 2.67 bits per heavy atom. The van der Waals surface area contributed by atoms with Gasteiger partial charge in [-0.1, -0.05) is 35.9 Å². The molecule has 0 aliphatic heterocycles. The fraction of sp³-hybridized carbons (Fsp3) is 0.368. The van der Waals surface area contributed by atoms with Crippen molar-refractivity contribution >= 4 is 17.6 Å². The predicted molar refractivity (Wildman–Crippen MR) is 102 cm³/mol. The zero-order valence-electron chi connectivity index (χ0n) is 14.3. The van der Waals surface area contributed by atoms with Gasteiger partial charge in [0, 0.05) is 36.5 Å². The summed E-state index contributed by atoms with van der Waals surface area (Å²) in [5, 5.41) is 7.44. The highest BCUT2D eigenvalue weighted by atomic mass is 35.5. The Balaban J connectivity index is 1.82. The maximum atomic E-state index is 6.18. The third-order valence-corrected chi connectivity index (χ3v) is 4.00. The molecule has 0 atom stereocenters. The number of hydrogen-bond acceptors (Lipinski definition) is 2. The van der Waals surface area contributed by atoms with Crippen LogP contribution in [0.4, 0.5) is 0 Å². The fourth-order valence-electron chi connectivity index (χ4n) is 2.30. The Labute approximate surface area is 149 Å². The molecule has 0 saturated heterocycles. The molecule has 24 heavy (non-hydrogen) atoms. The van der Waals surface area contributed by atoms with E-state index in [1.807, 2.05) is 43.5 Å². The van der Waals surface area contributed by atoms with Crippen LogP contribution in [0.2, 0.25) is 5.02 Å². The second-order valence-electron chi connectivity index (χ2n) is 5.59. The van der Waals surface area contributed by atoms with Crippen molar-refractivity contribution in [2.75, 3.05) is 19.6 Å². The lowest BCUT2D eigenvalue weighted by Gasteiger charge is -2.11. The second-order valence-corrected chi connectivity index (χ2v) is 5.99. The molecule has 0 spiro atoms. The number of aryl methyl sites for hydroxylation is 1. The molecule has 0 saturated carbocycles. The van der Waals surface area contributed by atoms with Gasteiger partial charge >= 0.3 is 0 Å². The van der Waals surface area contributed by atoms with Crippen molar-refractivity contribution in [3.8, 4) is 0 Å². The summed E-state index contributed by atoms with van der Waals surface area (Å²) in [5.41, 5.74) is 3.39. The van der Waals surface area contributed by atoms with Gasteiger partial charge in [-0.15, -0.1) is 0 Å². The van der Waals surface area contributed by atoms with Crippen LogP contribution in [0, 0.1) is 6.92 Å². The fourth-order valence-corrected chi connectivity index (χ4v) is 2.53. The van der Waals surface area contributed by atoms with E-state index in [-0.39, 0.29) is 0 Å². The topological polar surface area (TPSA) is 49.3 Å². The molecular weight excluding hydrogens is 320 g/mol. The number of pyridine rings is 1. The molecule has 2 aromatic rings. The molecule has 0 bridgehead atoms. The first kappa shape index (κ1) is 18.3. The quantitative estimate of drug-likeness (QED) is 0.598. The summed E-state index contributed by atoms with van der Waals surface area (Å²) in [7, 11) is 0. The normalized spacial score (nSPS) is 11.4. The van der Waals surface area contributed by atoms with Crippen LogP contribution in [0.5, 0.6) is 0 Å². The van der Waals surface area contributed by atoms with Gasteiger partial charge in [-0.05, 0) is 49.9 Å². The molecule has 0 radical (unpaired) electrons. The highest BCUT2D eigenvalue weighted by Gasteiger charge is 2.00. The van der Waals surface area contributed by atoms with Crippen molar-refractivity contribution in [1.29, 1.82) is 0 Å². The number of benzene rings is 1. The molecule has 2 rings (SSSR count). The molecule has 1 heterocycles. The summed E-state index contributed by atoms with van der Waals surface area (Å²) in [6.07, 6.45) is 3.68. The molecule has 0 aliphatic rings. The van der Waals surface area contributed by atoms with E-state index in [1.54, 1.807) is 0 Å². The van der Waals surface area contributed by atoms with E-state index >= 15 is 0 Å². The lowest BCUT2D eigenvalue weighted by molar-refractivity contribution is 0.794. The van der Waals surface area contributed by atoms with E-state index in [0.717, 1.165) is 48.2 Å². The van der Waals surface area contributed by atoms with Crippen LogP contribution in [0.3, 0.4) is 0 Å². The molecule has 5 heteroatoms. The van der Waals surface area contributed by atoms with Crippen LogP contribution >= 0.6 is 11.6 Å². The van der Waals surface area contributed by atoms with Gasteiger partial charge in [0.25, 0.3) is 0 Å². The minimum absolute atomic E-state index is 0.700.